The summed E-state index contributed by atoms with van der Waals surface area (Å²) in [6.45, 7) is -2.40. The molecule has 4 aliphatic heterocycles. The number of fused-ring (bicyclic) bond motifs is 1. The maximum Gasteiger partial charge on any atom is 0.330 e. The van der Waals surface area contributed by atoms with E-state index in [1.807, 2.05) is 0 Å². The third-order valence-corrected chi connectivity index (χ3v) is 11.4. The van der Waals surface area contributed by atoms with Crippen molar-refractivity contribution in [2.75, 3.05) is 26.9 Å². The number of rotatable bonds is 14. The first-order valence-corrected chi connectivity index (χ1v) is 20.6. The Morgan fingerprint density at radius 1 is 0.657 bits per heavy atom. The molecular formula is C43H51O24+. The fourth-order valence-corrected chi connectivity index (χ4v) is 7.63. The summed E-state index contributed by atoms with van der Waals surface area (Å²) in [6.07, 6.45) is -25.0. The van der Waals surface area contributed by atoms with Gasteiger partial charge >= 0.3 is 5.97 Å². The molecule has 3 aromatic carbocycles. The summed E-state index contributed by atoms with van der Waals surface area (Å²) in [5.41, 5.74) is 0.561. The van der Waals surface area contributed by atoms with Gasteiger partial charge in [-0.3, -0.25) is 0 Å². The first kappa shape index (κ1) is 49.4. The van der Waals surface area contributed by atoms with Gasteiger partial charge in [0, 0.05) is 18.2 Å². The van der Waals surface area contributed by atoms with Gasteiger partial charge in [0.25, 0.3) is 11.9 Å². The van der Waals surface area contributed by atoms with E-state index in [1.54, 1.807) is 0 Å². The molecule has 3 saturated heterocycles. The quantitative estimate of drug-likeness (QED) is 0.0330. The number of ether oxygens (including phenoxy) is 9. The average molecular weight is 952 g/mol. The van der Waals surface area contributed by atoms with Crippen molar-refractivity contribution >= 4 is 18.1 Å². The molecule has 0 radical (unpaired) electrons. The third kappa shape index (κ3) is 10.5. The molecule has 1 unspecified atom stereocenters. The molecule has 15 N–H and O–H groups in total. The Labute approximate surface area is 379 Å². The van der Waals surface area contributed by atoms with E-state index in [1.165, 1.54) is 61.7 Å². The van der Waals surface area contributed by atoms with Gasteiger partial charge in [-0.15, -0.1) is 0 Å². The number of carbonyl (C=O) groups is 1. The van der Waals surface area contributed by atoms with Gasteiger partial charge in [0.1, 0.15) is 90.8 Å². The van der Waals surface area contributed by atoms with Crippen molar-refractivity contribution in [3.63, 3.8) is 0 Å². The maximum atomic E-state index is 12.8. The maximum absolute atomic E-state index is 12.8. The van der Waals surface area contributed by atoms with Crippen molar-refractivity contribution in [1.82, 2.24) is 0 Å². The molecule has 16 atom stereocenters. The fourth-order valence-electron chi connectivity index (χ4n) is 7.63. The lowest BCUT2D eigenvalue weighted by molar-refractivity contribution is -0.364. The van der Waals surface area contributed by atoms with Gasteiger partial charge in [0.2, 0.25) is 12.6 Å². The van der Waals surface area contributed by atoms with Gasteiger partial charge < -0.3 is 114 Å². The van der Waals surface area contributed by atoms with E-state index < -0.39 is 141 Å². The lowest BCUT2D eigenvalue weighted by atomic mass is 9.97. The number of hydrogen-bond acceptors (Lipinski definition) is 23. The number of methoxy groups -OCH3 is 1. The van der Waals surface area contributed by atoms with Crippen LogP contribution in [0.25, 0.3) is 12.2 Å². The van der Waals surface area contributed by atoms with E-state index in [0.717, 1.165) is 12.1 Å². The number of carbonyl (C=O) groups excluding carboxylic acids is 1. The smallest absolute Gasteiger partial charge is 0.330 e. The number of hydrogen-bond donors (Lipinski definition) is 14. The number of benzene rings is 3. The molecular weight excluding hydrogens is 900 g/mol. The molecule has 24 nitrogen and oxygen atoms in total. The summed E-state index contributed by atoms with van der Waals surface area (Å²) in [4.78, 5) is 12.8. The van der Waals surface area contributed by atoms with Gasteiger partial charge in [0.05, 0.1) is 32.0 Å². The highest BCUT2D eigenvalue weighted by Gasteiger charge is 2.53. The Morgan fingerprint density at radius 2 is 1.28 bits per heavy atom. The van der Waals surface area contributed by atoms with Crippen LogP contribution in [-0.2, 0) is 33.2 Å². The Morgan fingerprint density at radius 3 is 1.94 bits per heavy atom. The zero-order valence-electron chi connectivity index (χ0n) is 35.1. The lowest BCUT2D eigenvalue weighted by Crippen LogP contribution is -2.64. The molecule has 0 saturated carbocycles. The summed E-state index contributed by atoms with van der Waals surface area (Å²) < 4.78 is 50.8. The second-order valence-electron chi connectivity index (χ2n) is 15.9. The van der Waals surface area contributed by atoms with Crippen LogP contribution in [0.4, 0.5) is 0 Å². The second-order valence-corrected chi connectivity index (χ2v) is 15.9. The van der Waals surface area contributed by atoms with Crippen LogP contribution in [0.1, 0.15) is 22.8 Å². The molecule has 0 spiro atoms. The monoisotopic (exact) mass is 951 g/mol. The number of aromatic hydroxyl groups is 5. The van der Waals surface area contributed by atoms with Crippen LogP contribution in [0.3, 0.4) is 0 Å². The largest absolute Gasteiger partial charge is 0.571 e. The zero-order chi connectivity index (χ0) is 48.4. The van der Waals surface area contributed by atoms with Crippen LogP contribution in [0, 0.1) is 0 Å². The van der Waals surface area contributed by atoms with Gasteiger partial charge in [-0.25, -0.2) is 4.79 Å². The Hall–Kier alpha value is -5.55. The summed E-state index contributed by atoms with van der Waals surface area (Å²) in [5.74, 6) is -3.01. The van der Waals surface area contributed by atoms with Crippen molar-refractivity contribution in [1.29, 1.82) is 0 Å². The molecule has 0 bridgehead atoms. The normalized spacial score (nSPS) is 34.1. The molecule has 7 rings (SSSR count). The minimum Gasteiger partial charge on any atom is -0.571 e. The van der Waals surface area contributed by atoms with Crippen LogP contribution in [0.15, 0.2) is 60.4 Å². The Bertz CT molecular complexity index is 2270. The van der Waals surface area contributed by atoms with Gasteiger partial charge in [-0.05, 0) is 42.0 Å². The summed E-state index contributed by atoms with van der Waals surface area (Å²) in [7, 11) is 1.28. The lowest BCUT2D eigenvalue weighted by Gasteiger charge is -2.46. The van der Waals surface area contributed by atoms with E-state index in [0.29, 0.717) is 5.56 Å². The number of aliphatic hydroxyl groups excluding tert-OH is 10. The minimum absolute atomic E-state index is 0.00811. The van der Waals surface area contributed by atoms with Crippen LogP contribution in [-0.4, -0.2) is 201 Å². The SMILES string of the molecule is COc1cc(C2[OH+]c3cc(O)cc(O[C@@H]4O[C@H](CO)[C@@H](O)[C@H](O)[C@H]4O)c3C=C2O[C@@H]2O[C@@H](COC(=O)/C=C/c3ccc(O)c(O)c3)[C@@H](O)[C@@H](O)[C@@H]2O[C@@H]2O[C@H](CO)[C@@H](O)[C@H](O)[C@H]2O)ccc1O. The van der Waals surface area contributed by atoms with Crippen molar-refractivity contribution in [2.45, 2.75) is 98.2 Å². The topological polar surface area (TPSA) is 387 Å². The predicted molar refractivity (Wildman–Crippen MR) is 220 cm³/mol. The minimum atomic E-state index is -2.06. The van der Waals surface area contributed by atoms with Gasteiger partial charge in [0.15, 0.2) is 41.2 Å². The first-order valence-electron chi connectivity index (χ1n) is 20.6. The molecule has 67 heavy (non-hydrogen) atoms. The molecule has 4 aliphatic rings. The predicted octanol–water partition coefficient (Wildman–Crippen LogP) is -3.06. The van der Waals surface area contributed by atoms with Crippen LogP contribution < -0.4 is 9.47 Å². The van der Waals surface area contributed by atoms with Crippen molar-refractivity contribution < 1.29 is 119 Å². The third-order valence-electron chi connectivity index (χ3n) is 11.4. The Kier molecular flexibility index (Phi) is 15.3. The summed E-state index contributed by atoms with van der Waals surface area (Å²) >= 11 is 0. The second kappa shape index (κ2) is 20.8. The fraction of sp³-hybridized carbons (Fsp3) is 0.465. The van der Waals surface area contributed by atoms with Crippen molar-refractivity contribution in [3.8, 4) is 40.2 Å². The van der Waals surface area contributed by atoms with Crippen molar-refractivity contribution in [3.05, 3.63) is 77.1 Å². The summed E-state index contributed by atoms with van der Waals surface area (Å²) in [5, 5.41) is 147. The first-order chi connectivity index (χ1) is 31.9. The van der Waals surface area contributed by atoms with Crippen LogP contribution in [0.5, 0.6) is 40.2 Å². The number of aliphatic hydroxyl groups is 11. The van der Waals surface area contributed by atoms with E-state index >= 15 is 0 Å². The highest BCUT2D eigenvalue weighted by molar-refractivity contribution is 5.87. The van der Waals surface area contributed by atoms with Gasteiger partial charge in [-0.2, -0.15) is 0 Å². The van der Waals surface area contributed by atoms with E-state index in [2.05, 4.69) is 0 Å². The van der Waals surface area contributed by atoms with E-state index in [-0.39, 0.29) is 39.9 Å². The standard InChI is InChI=1S/C43H50O24/c1-59-25-9-17(4-6-21(25)48)39-26(12-19-23(61-39)10-18(46)11-24(19)62-41-37(57)34(54)31(51)27(13-44)64-41)63-43-40(67-42-38(58)35(55)32(52)28(14-45)65-42)36(56)33(53)29(66-43)15-60-30(50)7-3-16-2-5-20(47)22(49)8-16/h2-12,27-29,31-49,51-58H,13-15H2,1H3/p+1/b7-3+/t27-,28-,29+,31-,32-,33-,34+,35+,36-,37-,38-,39?,40+,41-,42+,43-/m1/s1. The molecule has 366 valence electrons. The molecule has 4 heterocycles. The molecule has 0 aromatic heterocycles. The van der Waals surface area contributed by atoms with E-state index in [4.69, 9.17) is 42.6 Å². The van der Waals surface area contributed by atoms with Crippen LogP contribution >= 0.6 is 0 Å². The summed E-state index contributed by atoms with van der Waals surface area (Å²) in [6, 6.07) is 10.1. The van der Waals surface area contributed by atoms with Crippen LogP contribution in [0.2, 0.25) is 0 Å². The number of esters is 1. The Balaban J connectivity index is 1.25. The number of phenolic OH excluding ortho intramolecular Hbond substituents is 4. The average Bonchev–Trinajstić information content (AvgIpc) is 3.31. The highest BCUT2D eigenvalue weighted by Crippen LogP contribution is 2.48. The van der Waals surface area contributed by atoms with E-state index in [9.17, 15) is 76.3 Å². The molecule has 0 amide bonds. The molecule has 0 aliphatic carbocycles. The zero-order valence-corrected chi connectivity index (χ0v) is 35.1. The highest BCUT2D eigenvalue weighted by atomic mass is 16.8. The van der Waals surface area contributed by atoms with Crippen molar-refractivity contribution in [2.24, 2.45) is 0 Å². The molecule has 3 fully saturated rings. The molecule has 24 heteroatoms. The van der Waals surface area contributed by atoms with Gasteiger partial charge in [-0.1, -0.05) is 6.07 Å². The number of phenols is 4. The molecule has 3 aromatic rings.